The van der Waals surface area contributed by atoms with Crippen molar-refractivity contribution < 1.29 is 18.3 Å². The number of aliphatic hydroxyl groups is 1. The van der Waals surface area contributed by atoms with E-state index in [1.807, 2.05) is 0 Å². The Hall–Kier alpha value is -0.720. The molecule has 0 radical (unpaired) electrons. The van der Waals surface area contributed by atoms with Crippen LogP contribution >= 0.6 is 11.8 Å². The first-order valence-electron chi connectivity index (χ1n) is 6.59. The van der Waals surface area contributed by atoms with Gasteiger partial charge in [0.1, 0.15) is 0 Å². The van der Waals surface area contributed by atoms with Gasteiger partial charge in [-0.3, -0.25) is 0 Å². The number of rotatable bonds is 5. The van der Waals surface area contributed by atoms with Crippen molar-refractivity contribution in [2.75, 3.05) is 18.1 Å². The summed E-state index contributed by atoms with van der Waals surface area (Å²) in [6.45, 7) is 0.149. The van der Waals surface area contributed by atoms with Crippen LogP contribution in [0.15, 0.2) is 30.3 Å². The third-order valence-corrected chi connectivity index (χ3v) is 4.73. The Morgan fingerprint density at radius 3 is 2.50 bits per heavy atom. The van der Waals surface area contributed by atoms with Crippen LogP contribution in [0.5, 0.6) is 0 Å². The van der Waals surface area contributed by atoms with E-state index in [4.69, 9.17) is 0 Å². The molecule has 2 nitrogen and oxygen atoms in total. The summed E-state index contributed by atoms with van der Waals surface area (Å²) in [6, 6.07) is 7.54. The standard InChI is InChI=1S/C14H18F3NOS/c15-14(16,17)13(19,11-4-2-1-3-5-11)7-8-18-12-6-9-20-10-12/h1-5,12,18-19H,6-10H2/t12-,13+/m1/s1. The Bertz CT molecular complexity index is 420. The molecule has 112 valence electrons. The highest BCUT2D eigenvalue weighted by atomic mass is 32.2. The first-order valence-corrected chi connectivity index (χ1v) is 7.75. The van der Waals surface area contributed by atoms with Crippen LogP contribution < -0.4 is 5.32 Å². The van der Waals surface area contributed by atoms with Gasteiger partial charge in [-0.25, -0.2) is 0 Å². The molecule has 0 amide bonds. The molecule has 1 heterocycles. The molecule has 1 saturated heterocycles. The van der Waals surface area contributed by atoms with Crippen molar-refractivity contribution in [3.63, 3.8) is 0 Å². The number of hydrogen-bond donors (Lipinski definition) is 2. The molecular weight excluding hydrogens is 287 g/mol. The fourth-order valence-corrected chi connectivity index (χ4v) is 3.50. The van der Waals surface area contributed by atoms with Crippen molar-refractivity contribution in [3.05, 3.63) is 35.9 Å². The Balaban J connectivity index is 2.04. The van der Waals surface area contributed by atoms with E-state index in [1.165, 1.54) is 24.3 Å². The molecule has 2 N–H and O–H groups in total. The first-order chi connectivity index (χ1) is 9.43. The lowest BCUT2D eigenvalue weighted by Crippen LogP contribution is -2.45. The fourth-order valence-electron chi connectivity index (χ4n) is 2.32. The van der Waals surface area contributed by atoms with E-state index in [1.54, 1.807) is 17.8 Å². The number of alkyl halides is 3. The van der Waals surface area contributed by atoms with Crippen molar-refractivity contribution in [2.45, 2.75) is 30.7 Å². The lowest BCUT2D eigenvalue weighted by molar-refractivity contribution is -0.268. The highest BCUT2D eigenvalue weighted by Crippen LogP contribution is 2.41. The van der Waals surface area contributed by atoms with Crippen LogP contribution in [0, 0.1) is 0 Å². The summed E-state index contributed by atoms with van der Waals surface area (Å²) in [4.78, 5) is 0. The van der Waals surface area contributed by atoms with Crippen LogP contribution in [-0.2, 0) is 5.60 Å². The molecule has 1 aromatic carbocycles. The molecule has 0 bridgehead atoms. The van der Waals surface area contributed by atoms with E-state index in [9.17, 15) is 18.3 Å². The predicted molar refractivity (Wildman–Crippen MR) is 74.7 cm³/mol. The minimum Gasteiger partial charge on any atom is -0.376 e. The highest BCUT2D eigenvalue weighted by Gasteiger charge is 2.54. The Morgan fingerprint density at radius 2 is 1.95 bits per heavy atom. The monoisotopic (exact) mass is 305 g/mol. The smallest absolute Gasteiger partial charge is 0.376 e. The van der Waals surface area contributed by atoms with Crippen LogP contribution in [0.25, 0.3) is 0 Å². The van der Waals surface area contributed by atoms with Crippen LogP contribution in [-0.4, -0.2) is 35.4 Å². The molecule has 2 rings (SSSR count). The van der Waals surface area contributed by atoms with Gasteiger partial charge in [0.15, 0.2) is 5.60 Å². The molecule has 0 aromatic heterocycles. The van der Waals surface area contributed by atoms with Crippen molar-refractivity contribution in [1.29, 1.82) is 0 Å². The summed E-state index contributed by atoms with van der Waals surface area (Å²) in [7, 11) is 0. The number of hydrogen-bond acceptors (Lipinski definition) is 3. The normalized spacial score (nSPS) is 22.7. The number of halogens is 3. The minimum absolute atomic E-state index is 0.102. The highest BCUT2D eigenvalue weighted by molar-refractivity contribution is 7.99. The first kappa shape index (κ1) is 15.7. The van der Waals surface area contributed by atoms with E-state index in [0.29, 0.717) is 0 Å². The van der Waals surface area contributed by atoms with Gasteiger partial charge in [0.05, 0.1) is 0 Å². The topological polar surface area (TPSA) is 32.3 Å². The second-order valence-electron chi connectivity index (χ2n) is 4.99. The zero-order valence-corrected chi connectivity index (χ0v) is 11.8. The maximum Gasteiger partial charge on any atom is 0.421 e. The van der Waals surface area contributed by atoms with E-state index in [-0.39, 0.29) is 24.6 Å². The predicted octanol–water partition coefficient (Wildman–Crippen LogP) is 2.92. The molecule has 0 aliphatic carbocycles. The maximum absolute atomic E-state index is 13.2. The molecule has 0 spiro atoms. The average Bonchev–Trinajstić information content (AvgIpc) is 2.91. The third kappa shape index (κ3) is 3.48. The second kappa shape index (κ2) is 6.37. The molecule has 6 heteroatoms. The average molecular weight is 305 g/mol. The number of thioether (sulfide) groups is 1. The molecule has 1 aliphatic heterocycles. The zero-order valence-electron chi connectivity index (χ0n) is 11.0. The van der Waals surface area contributed by atoms with E-state index in [0.717, 1.165) is 17.9 Å². The lowest BCUT2D eigenvalue weighted by Gasteiger charge is -2.31. The van der Waals surface area contributed by atoms with Gasteiger partial charge in [-0.1, -0.05) is 30.3 Å². The Labute approximate surface area is 120 Å². The summed E-state index contributed by atoms with van der Waals surface area (Å²) in [5.74, 6) is 1.97. The van der Waals surface area contributed by atoms with Gasteiger partial charge in [0.25, 0.3) is 0 Å². The van der Waals surface area contributed by atoms with Crippen LogP contribution in [0.1, 0.15) is 18.4 Å². The summed E-state index contributed by atoms with van der Waals surface area (Å²) in [5.41, 5.74) is -2.89. The van der Waals surface area contributed by atoms with Crippen molar-refractivity contribution in [2.24, 2.45) is 0 Å². The molecule has 1 fully saturated rings. The second-order valence-corrected chi connectivity index (χ2v) is 6.14. The van der Waals surface area contributed by atoms with Crippen molar-refractivity contribution in [3.8, 4) is 0 Å². The molecular formula is C14H18F3NOS. The number of nitrogens with one attached hydrogen (secondary N) is 1. The fraction of sp³-hybridized carbons (Fsp3) is 0.571. The van der Waals surface area contributed by atoms with Gasteiger partial charge < -0.3 is 10.4 Å². The quantitative estimate of drug-likeness (QED) is 0.877. The molecule has 1 aromatic rings. The Kier molecular flexibility index (Phi) is 4.99. The summed E-state index contributed by atoms with van der Waals surface area (Å²) < 4.78 is 39.6. The van der Waals surface area contributed by atoms with Gasteiger partial charge in [-0.05, 0) is 24.3 Å². The summed E-state index contributed by atoms with van der Waals surface area (Å²) in [5, 5.41) is 13.2. The van der Waals surface area contributed by atoms with E-state index >= 15 is 0 Å². The lowest BCUT2D eigenvalue weighted by atomic mass is 9.89. The number of benzene rings is 1. The van der Waals surface area contributed by atoms with Crippen LogP contribution in [0.3, 0.4) is 0 Å². The van der Waals surface area contributed by atoms with Gasteiger partial charge >= 0.3 is 6.18 Å². The SMILES string of the molecule is O[C@@](CCN[C@@H]1CCSC1)(c1ccccc1)C(F)(F)F. The van der Waals surface area contributed by atoms with E-state index in [2.05, 4.69) is 5.32 Å². The summed E-state index contributed by atoms with van der Waals surface area (Å²) in [6.07, 6.45) is -4.08. The zero-order chi connectivity index (χ0) is 14.6. The molecule has 20 heavy (non-hydrogen) atoms. The molecule has 2 atom stereocenters. The van der Waals surface area contributed by atoms with E-state index < -0.39 is 11.8 Å². The van der Waals surface area contributed by atoms with Crippen molar-refractivity contribution >= 4 is 11.8 Å². The molecule has 0 saturated carbocycles. The van der Waals surface area contributed by atoms with Gasteiger partial charge in [0, 0.05) is 18.2 Å². The molecule has 1 aliphatic rings. The maximum atomic E-state index is 13.2. The minimum atomic E-state index is -4.68. The van der Waals surface area contributed by atoms with Crippen molar-refractivity contribution in [1.82, 2.24) is 5.32 Å². The Morgan fingerprint density at radius 1 is 1.25 bits per heavy atom. The molecule has 0 unspecified atom stereocenters. The van der Waals surface area contributed by atoms with Crippen LogP contribution in [0.4, 0.5) is 13.2 Å². The summed E-state index contributed by atoms with van der Waals surface area (Å²) >= 11 is 1.79. The van der Waals surface area contributed by atoms with Gasteiger partial charge in [-0.2, -0.15) is 24.9 Å². The van der Waals surface area contributed by atoms with Gasteiger partial charge in [0.2, 0.25) is 0 Å². The largest absolute Gasteiger partial charge is 0.421 e. The van der Waals surface area contributed by atoms with Gasteiger partial charge in [-0.15, -0.1) is 0 Å². The van der Waals surface area contributed by atoms with Crippen LogP contribution in [0.2, 0.25) is 0 Å². The third-order valence-electron chi connectivity index (χ3n) is 3.57.